The third-order valence-corrected chi connectivity index (χ3v) is 5.50. The molecule has 1 unspecified atom stereocenters. The molecule has 1 aromatic heterocycles. The maximum atomic E-state index is 12.5. The van der Waals surface area contributed by atoms with Crippen LogP contribution in [0.15, 0.2) is 23.2 Å². The minimum atomic E-state index is -3.40. The third-order valence-electron chi connectivity index (χ3n) is 3.62. The minimum Gasteiger partial charge on any atom is -0.325 e. The fourth-order valence-electron chi connectivity index (χ4n) is 2.31. The molecule has 6 heteroatoms. The van der Waals surface area contributed by atoms with Crippen molar-refractivity contribution in [1.29, 1.82) is 0 Å². The third kappa shape index (κ3) is 3.32. The number of nitrogens with two attached hydrogens (primary N) is 1. The predicted molar refractivity (Wildman–Crippen MR) is 73.9 cm³/mol. The van der Waals surface area contributed by atoms with Crippen molar-refractivity contribution in [2.24, 2.45) is 11.7 Å². The summed E-state index contributed by atoms with van der Waals surface area (Å²) in [6, 6.07) is 3.27. The van der Waals surface area contributed by atoms with Crippen LogP contribution in [0, 0.1) is 5.92 Å². The summed E-state index contributed by atoms with van der Waals surface area (Å²) in [5.41, 5.74) is 6.16. The second-order valence-electron chi connectivity index (χ2n) is 5.13. The Morgan fingerprint density at radius 2 is 2.16 bits per heavy atom. The maximum Gasteiger partial charge on any atom is 0.244 e. The summed E-state index contributed by atoms with van der Waals surface area (Å²) in [6.45, 7) is 3.70. The highest BCUT2D eigenvalue weighted by molar-refractivity contribution is 7.89. The quantitative estimate of drug-likeness (QED) is 0.908. The predicted octanol–water partition coefficient (Wildman–Crippen LogP) is 1.35. The molecule has 1 aromatic rings. The van der Waals surface area contributed by atoms with Gasteiger partial charge in [0.1, 0.15) is 4.90 Å². The molecule has 0 bridgehead atoms. The van der Waals surface area contributed by atoms with Crippen molar-refractivity contribution in [3.63, 3.8) is 0 Å². The molecular weight excluding hydrogens is 262 g/mol. The van der Waals surface area contributed by atoms with Crippen molar-refractivity contribution >= 4 is 10.0 Å². The highest BCUT2D eigenvalue weighted by Crippen LogP contribution is 2.22. The van der Waals surface area contributed by atoms with Crippen LogP contribution in [0.2, 0.25) is 0 Å². The molecule has 2 heterocycles. The van der Waals surface area contributed by atoms with Crippen molar-refractivity contribution < 1.29 is 8.42 Å². The number of hydrogen-bond acceptors (Lipinski definition) is 4. The second kappa shape index (κ2) is 5.98. The summed E-state index contributed by atoms with van der Waals surface area (Å²) in [7, 11) is -3.40. The SMILES string of the molecule is CC1CCCN(S(=O)(=O)c2ccc(CN)nc2)CC1. The Kier molecular flexibility index (Phi) is 4.54. The highest BCUT2D eigenvalue weighted by Gasteiger charge is 2.26. The number of rotatable bonds is 3. The van der Waals surface area contributed by atoms with Crippen LogP contribution in [0.25, 0.3) is 0 Å². The average Bonchev–Trinajstić information content (AvgIpc) is 2.64. The zero-order valence-electron chi connectivity index (χ0n) is 11.2. The Morgan fingerprint density at radius 3 is 2.79 bits per heavy atom. The van der Waals surface area contributed by atoms with E-state index in [-0.39, 0.29) is 4.90 Å². The molecule has 2 N–H and O–H groups in total. The lowest BCUT2D eigenvalue weighted by Crippen LogP contribution is -2.32. The Morgan fingerprint density at radius 1 is 1.37 bits per heavy atom. The summed E-state index contributed by atoms with van der Waals surface area (Å²) < 4.78 is 26.6. The molecular formula is C13H21N3O2S. The molecule has 106 valence electrons. The first-order chi connectivity index (χ1) is 9.04. The van der Waals surface area contributed by atoms with Gasteiger partial charge in [-0.1, -0.05) is 6.92 Å². The topological polar surface area (TPSA) is 76.3 Å². The van der Waals surface area contributed by atoms with Crippen LogP contribution >= 0.6 is 0 Å². The highest BCUT2D eigenvalue weighted by atomic mass is 32.2. The van der Waals surface area contributed by atoms with Gasteiger partial charge in [0.2, 0.25) is 10.0 Å². The molecule has 0 saturated carbocycles. The Labute approximate surface area is 114 Å². The van der Waals surface area contributed by atoms with Gasteiger partial charge in [0.25, 0.3) is 0 Å². The molecule has 19 heavy (non-hydrogen) atoms. The lowest BCUT2D eigenvalue weighted by atomic mass is 10.0. The van der Waals surface area contributed by atoms with Crippen LogP contribution in [0.5, 0.6) is 0 Å². The standard InChI is InChI=1S/C13H21N3O2S/c1-11-3-2-7-16(8-6-11)19(17,18)13-5-4-12(9-14)15-10-13/h4-5,10-11H,2-3,6-9,14H2,1H3. The van der Waals surface area contributed by atoms with Crippen LogP contribution in [0.1, 0.15) is 31.9 Å². The van der Waals surface area contributed by atoms with Gasteiger partial charge in [0, 0.05) is 25.8 Å². The van der Waals surface area contributed by atoms with Crippen LogP contribution < -0.4 is 5.73 Å². The first-order valence-electron chi connectivity index (χ1n) is 6.69. The Hall–Kier alpha value is -0.980. The summed E-state index contributed by atoms with van der Waals surface area (Å²) in [4.78, 5) is 4.33. The van der Waals surface area contributed by atoms with Gasteiger partial charge in [-0.25, -0.2) is 8.42 Å². The smallest absolute Gasteiger partial charge is 0.244 e. The van der Waals surface area contributed by atoms with Gasteiger partial charge >= 0.3 is 0 Å². The molecule has 0 spiro atoms. The number of aromatic nitrogens is 1. The largest absolute Gasteiger partial charge is 0.325 e. The van der Waals surface area contributed by atoms with E-state index in [1.165, 1.54) is 6.20 Å². The summed E-state index contributed by atoms with van der Waals surface area (Å²) in [5.74, 6) is 0.595. The minimum absolute atomic E-state index is 0.263. The monoisotopic (exact) mass is 283 g/mol. The van der Waals surface area contributed by atoms with Gasteiger partial charge in [-0.05, 0) is 37.3 Å². The number of hydrogen-bond donors (Lipinski definition) is 1. The molecule has 1 aliphatic rings. The lowest BCUT2D eigenvalue weighted by Gasteiger charge is -2.19. The Bertz CT molecular complexity index is 513. The van der Waals surface area contributed by atoms with Gasteiger partial charge in [-0.15, -0.1) is 0 Å². The van der Waals surface area contributed by atoms with Gasteiger partial charge in [0.05, 0.1) is 5.69 Å². The molecule has 2 rings (SSSR count). The molecule has 0 amide bonds. The average molecular weight is 283 g/mol. The first kappa shape index (κ1) is 14.4. The van der Waals surface area contributed by atoms with E-state index < -0.39 is 10.0 Å². The van der Waals surface area contributed by atoms with Gasteiger partial charge in [-0.2, -0.15) is 4.31 Å². The fraction of sp³-hybridized carbons (Fsp3) is 0.615. The lowest BCUT2D eigenvalue weighted by molar-refractivity contribution is 0.416. The Balaban J connectivity index is 2.20. The van der Waals surface area contributed by atoms with E-state index in [4.69, 9.17) is 5.73 Å². The summed E-state index contributed by atoms with van der Waals surface area (Å²) in [5, 5.41) is 0. The van der Waals surface area contributed by atoms with Gasteiger partial charge in [0.15, 0.2) is 0 Å². The summed E-state index contributed by atoms with van der Waals surface area (Å²) in [6.07, 6.45) is 4.35. The van der Waals surface area contributed by atoms with Crippen molar-refractivity contribution in [1.82, 2.24) is 9.29 Å². The number of pyridine rings is 1. The van der Waals surface area contributed by atoms with Crippen molar-refractivity contribution in [2.45, 2.75) is 37.6 Å². The number of sulfonamides is 1. The van der Waals surface area contributed by atoms with Crippen LogP contribution in [-0.2, 0) is 16.6 Å². The molecule has 1 saturated heterocycles. The van der Waals surface area contributed by atoms with Crippen LogP contribution in [0.3, 0.4) is 0 Å². The molecule has 5 nitrogen and oxygen atoms in total. The van der Waals surface area contributed by atoms with E-state index >= 15 is 0 Å². The van der Waals surface area contributed by atoms with Crippen molar-refractivity contribution in [2.75, 3.05) is 13.1 Å². The molecule has 1 aliphatic heterocycles. The normalized spacial score (nSPS) is 22.1. The second-order valence-corrected chi connectivity index (χ2v) is 7.07. The molecule has 1 atom stereocenters. The molecule has 0 aromatic carbocycles. The number of nitrogens with zero attached hydrogens (tertiary/aromatic N) is 2. The summed E-state index contributed by atoms with van der Waals surface area (Å²) >= 11 is 0. The van der Waals surface area contributed by atoms with E-state index in [9.17, 15) is 8.42 Å². The molecule has 1 fully saturated rings. The van der Waals surface area contributed by atoms with Crippen molar-refractivity contribution in [3.8, 4) is 0 Å². The van der Waals surface area contributed by atoms with E-state index in [1.807, 2.05) is 0 Å². The zero-order valence-corrected chi connectivity index (χ0v) is 12.1. The van der Waals surface area contributed by atoms with E-state index in [0.717, 1.165) is 19.3 Å². The molecule has 0 radical (unpaired) electrons. The van der Waals surface area contributed by atoms with Crippen molar-refractivity contribution in [3.05, 3.63) is 24.0 Å². The van der Waals surface area contributed by atoms with Crippen LogP contribution in [-0.4, -0.2) is 30.8 Å². The van der Waals surface area contributed by atoms with Gasteiger partial charge in [-0.3, -0.25) is 4.98 Å². The van der Waals surface area contributed by atoms with Crippen LogP contribution in [0.4, 0.5) is 0 Å². The zero-order chi connectivity index (χ0) is 13.9. The van der Waals surface area contributed by atoms with E-state index in [1.54, 1.807) is 16.4 Å². The van der Waals surface area contributed by atoms with E-state index in [2.05, 4.69) is 11.9 Å². The van der Waals surface area contributed by atoms with E-state index in [0.29, 0.717) is 31.2 Å². The molecule has 0 aliphatic carbocycles. The first-order valence-corrected chi connectivity index (χ1v) is 8.13. The van der Waals surface area contributed by atoms with Gasteiger partial charge < -0.3 is 5.73 Å². The fourth-order valence-corrected chi connectivity index (χ4v) is 3.75. The maximum absolute atomic E-state index is 12.5.